The molecule has 1 heterocycles. The Hall–Kier alpha value is -0.930. The molecule has 0 radical (unpaired) electrons. The van der Waals surface area contributed by atoms with E-state index in [1.165, 1.54) is 0 Å². The summed E-state index contributed by atoms with van der Waals surface area (Å²) in [5, 5.41) is 0.723. The van der Waals surface area contributed by atoms with Crippen molar-refractivity contribution in [3.63, 3.8) is 0 Å². The van der Waals surface area contributed by atoms with Gasteiger partial charge in [-0.15, -0.1) is 0 Å². The van der Waals surface area contributed by atoms with Crippen LogP contribution in [0.15, 0.2) is 6.07 Å². The van der Waals surface area contributed by atoms with Crippen molar-refractivity contribution < 1.29 is 9.47 Å². The zero-order valence-electron chi connectivity index (χ0n) is 7.97. The molecule has 0 bridgehead atoms. The zero-order valence-corrected chi connectivity index (χ0v) is 8.73. The van der Waals surface area contributed by atoms with Crippen LogP contribution in [0.4, 0.5) is 0 Å². The van der Waals surface area contributed by atoms with E-state index in [2.05, 4.69) is 0 Å². The minimum atomic E-state index is 0.419. The summed E-state index contributed by atoms with van der Waals surface area (Å²) in [6.45, 7) is 1.09. The van der Waals surface area contributed by atoms with Gasteiger partial charge in [-0.3, -0.25) is 0 Å². The maximum absolute atomic E-state index is 6.17. The topological polar surface area (TPSA) is 44.5 Å². The van der Waals surface area contributed by atoms with Crippen molar-refractivity contribution in [3.05, 3.63) is 22.2 Å². The van der Waals surface area contributed by atoms with Crippen LogP contribution in [0.1, 0.15) is 11.1 Å². The van der Waals surface area contributed by atoms with Crippen LogP contribution in [-0.2, 0) is 13.0 Å². The maximum atomic E-state index is 6.17. The number of rotatable bonds is 2. The molecule has 2 rings (SSSR count). The van der Waals surface area contributed by atoms with Crippen LogP contribution in [0, 0.1) is 0 Å². The molecule has 0 fully saturated rings. The lowest BCUT2D eigenvalue weighted by atomic mass is 10.1. The Morgan fingerprint density at radius 1 is 1.64 bits per heavy atom. The van der Waals surface area contributed by atoms with E-state index in [9.17, 15) is 0 Å². The van der Waals surface area contributed by atoms with E-state index in [1.807, 2.05) is 6.07 Å². The quantitative estimate of drug-likeness (QED) is 0.814. The molecule has 0 saturated carbocycles. The van der Waals surface area contributed by atoms with Gasteiger partial charge >= 0.3 is 0 Å². The Kier molecular flexibility index (Phi) is 2.52. The monoisotopic (exact) mass is 213 g/mol. The minimum Gasteiger partial charge on any atom is -0.493 e. The molecular weight excluding hydrogens is 202 g/mol. The Bertz CT molecular complexity index is 366. The molecule has 1 aliphatic heterocycles. The van der Waals surface area contributed by atoms with Crippen molar-refractivity contribution in [2.45, 2.75) is 13.0 Å². The number of nitrogens with two attached hydrogens (primary N) is 1. The van der Waals surface area contributed by atoms with E-state index in [4.69, 9.17) is 26.8 Å². The molecule has 14 heavy (non-hydrogen) atoms. The third-order valence-electron chi connectivity index (χ3n) is 2.39. The molecular formula is C10H12ClNO2. The van der Waals surface area contributed by atoms with Crippen molar-refractivity contribution in [1.82, 2.24) is 0 Å². The highest BCUT2D eigenvalue weighted by Crippen LogP contribution is 2.41. The Labute approximate surface area is 87.8 Å². The highest BCUT2D eigenvalue weighted by Gasteiger charge is 2.22. The number of halogens is 1. The lowest BCUT2D eigenvalue weighted by molar-refractivity contribution is 0.326. The zero-order chi connectivity index (χ0) is 10.1. The Balaban J connectivity index is 2.60. The summed E-state index contributed by atoms with van der Waals surface area (Å²) in [4.78, 5) is 0. The van der Waals surface area contributed by atoms with Crippen molar-refractivity contribution in [2.75, 3.05) is 13.7 Å². The molecule has 4 heteroatoms. The molecule has 0 atom stereocenters. The molecule has 0 spiro atoms. The van der Waals surface area contributed by atoms with Gasteiger partial charge in [-0.2, -0.15) is 0 Å². The molecule has 0 saturated heterocycles. The van der Waals surface area contributed by atoms with Gasteiger partial charge in [0.05, 0.1) is 18.7 Å². The van der Waals surface area contributed by atoms with Crippen LogP contribution >= 0.6 is 11.6 Å². The van der Waals surface area contributed by atoms with Crippen LogP contribution < -0.4 is 15.2 Å². The first-order valence-corrected chi connectivity index (χ1v) is 4.86. The van der Waals surface area contributed by atoms with Crippen LogP contribution in [0.3, 0.4) is 0 Å². The second kappa shape index (κ2) is 3.67. The van der Waals surface area contributed by atoms with E-state index >= 15 is 0 Å². The van der Waals surface area contributed by atoms with Crippen molar-refractivity contribution >= 4 is 11.6 Å². The molecule has 0 aliphatic carbocycles. The summed E-state index contributed by atoms with van der Waals surface area (Å²) in [6, 6.07) is 1.84. The van der Waals surface area contributed by atoms with E-state index in [0.29, 0.717) is 13.2 Å². The maximum Gasteiger partial charge on any atom is 0.165 e. The second-order valence-electron chi connectivity index (χ2n) is 3.16. The van der Waals surface area contributed by atoms with Crippen molar-refractivity contribution in [1.29, 1.82) is 0 Å². The number of hydrogen-bond donors (Lipinski definition) is 1. The summed E-state index contributed by atoms with van der Waals surface area (Å²) < 4.78 is 10.7. The predicted octanol–water partition coefficient (Wildman–Crippen LogP) is 1.74. The third-order valence-corrected chi connectivity index (χ3v) is 2.86. The van der Waals surface area contributed by atoms with Crippen LogP contribution in [-0.4, -0.2) is 13.7 Å². The lowest BCUT2D eigenvalue weighted by Gasteiger charge is -2.11. The van der Waals surface area contributed by atoms with E-state index < -0.39 is 0 Å². The van der Waals surface area contributed by atoms with Gasteiger partial charge in [0.2, 0.25) is 0 Å². The fourth-order valence-electron chi connectivity index (χ4n) is 1.67. The summed E-state index contributed by atoms with van der Waals surface area (Å²) in [5.41, 5.74) is 7.52. The summed E-state index contributed by atoms with van der Waals surface area (Å²) in [7, 11) is 1.62. The van der Waals surface area contributed by atoms with E-state index in [1.54, 1.807) is 7.11 Å². The number of methoxy groups -OCH3 is 1. The van der Waals surface area contributed by atoms with Crippen molar-refractivity contribution in [3.8, 4) is 11.5 Å². The number of ether oxygens (including phenoxy) is 2. The molecule has 1 aliphatic rings. The number of fused-ring (bicyclic) bond motifs is 1. The SMILES string of the molecule is COc1cc(CN)c(Cl)c2c1OCC2. The fraction of sp³-hybridized carbons (Fsp3) is 0.400. The van der Waals surface area contributed by atoms with Crippen molar-refractivity contribution in [2.24, 2.45) is 5.73 Å². The van der Waals surface area contributed by atoms with Crippen LogP contribution in [0.5, 0.6) is 11.5 Å². The Morgan fingerprint density at radius 3 is 3.07 bits per heavy atom. The normalized spacial score (nSPS) is 13.6. The second-order valence-corrected chi connectivity index (χ2v) is 3.54. The molecule has 1 aromatic rings. The molecule has 3 nitrogen and oxygen atoms in total. The van der Waals surface area contributed by atoms with Gasteiger partial charge in [0.1, 0.15) is 0 Å². The first-order chi connectivity index (χ1) is 6.77. The molecule has 76 valence electrons. The number of benzene rings is 1. The first-order valence-electron chi connectivity index (χ1n) is 4.49. The van der Waals surface area contributed by atoms with E-state index in [0.717, 1.165) is 34.1 Å². The van der Waals surface area contributed by atoms with Gasteiger partial charge in [-0.25, -0.2) is 0 Å². The minimum absolute atomic E-state index is 0.419. The molecule has 1 aromatic carbocycles. The van der Waals surface area contributed by atoms with Crippen LogP contribution in [0.25, 0.3) is 0 Å². The molecule has 0 aromatic heterocycles. The van der Waals surface area contributed by atoms with Gasteiger partial charge in [-0.05, 0) is 11.6 Å². The first kappa shape index (κ1) is 9.62. The average Bonchev–Trinajstić information content (AvgIpc) is 2.68. The Morgan fingerprint density at radius 2 is 2.43 bits per heavy atom. The highest BCUT2D eigenvalue weighted by atomic mass is 35.5. The smallest absolute Gasteiger partial charge is 0.165 e. The standard InChI is InChI=1S/C10H12ClNO2/c1-13-8-4-6(5-12)9(11)7-2-3-14-10(7)8/h4H,2-3,5,12H2,1H3. The summed E-state index contributed by atoms with van der Waals surface area (Å²) >= 11 is 6.17. The van der Waals surface area contributed by atoms with Gasteiger partial charge in [0, 0.05) is 18.5 Å². The largest absolute Gasteiger partial charge is 0.493 e. The van der Waals surface area contributed by atoms with Gasteiger partial charge < -0.3 is 15.2 Å². The fourth-order valence-corrected chi connectivity index (χ4v) is 1.98. The molecule has 2 N–H and O–H groups in total. The van der Waals surface area contributed by atoms with Gasteiger partial charge in [-0.1, -0.05) is 11.6 Å². The average molecular weight is 214 g/mol. The number of hydrogen-bond acceptors (Lipinski definition) is 3. The molecule has 0 amide bonds. The third kappa shape index (κ3) is 1.33. The highest BCUT2D eigenvalue weighted by molar-refractivity contribution is 6.32. The van der Waals surface area contributed by atoms with E-state index in [-0.39, 0.29) is 0 Å². The predicted molar refractivity (Wildman–Crippen MR) is 55.1 cm³/mol. The van der Waals surface area contributed by atoms with Gasteiger partial charge in [0.25, 0.3) is 0 Å². The summed E-state index contributed by atoms with van der Waals surface area (Å²) in [6.07, 6.45) is 0.832. The lowest BCUT2D eigenvalue weighted by Crippen LogP contribution is -2.00. The molecule has 0 unspecified atom stereocenters. The van der Waals surface area contributed by atoms with Crippen LogP contribution in [0.2, 0.25) is 5.02 Å². The summed E-state index contributed by atoms with van der Waals surface area (Å²) in [5.74, 6) is 1.50. The van der Waals surface area contributed by atoms with Gasteiger partial charge in [0.15, 0.2) is 11.5 Å².